The predicted molar refractivity (Wildman–Crippen MR) is 133 cm³/mol. The number of fused-ring (bicyclic) bond motifs is 1. The van der Waals surface area contributed by atoms with Crippen molar-refractivity contribution in [1.29, 1.82) is 0 Å². The lowest BCUT2D eigenvalue weighted by Crippen LogP contribution is -2.70. The number of nitrogens with zero attached hydrogens (tertiary/aromatic N) is 5. The first-order chi connectivity index (χ1) is 18.1. The Balaban J connectivity index is 1.23. The van der Waals surface area contributed by atoms with Crippen LogP contribution in [-0.2, 0) is 10.2 Å². The summed E-state index contributed by atoms with van der Waals surface area (Å²) in [6.07, 6.45) is 2.22. The number of aryl methyl sites for hydroxylation is 2. The van der Waals surface area contributed by atoms with Gasteiger partial charge in [-0.25, -0.2) is 19.9 Å². The molecule has 5 fully saturated rings. The van der Waals surface area contributed by atoms with Crippen LogP contribution in [0.4, 0.5) is 13.2 Å². The van der Waals surface area contributed by atoms with Gasteiger partial charge >= 0.3 is 6.18 Å². The topological polar surface area (TPSA) is 82.8 Å². The molecule has 3 aromatic rings. The molecule has 0 N–H and O–H groups in total. The van der Waals surface area contributed by atoms with E-state index in [9.17, 15) is 18.0 Å². The average Bonchev–Trinajstić information content (AvgIpc) is 2.77. The van der Waals surface area contributed by atoms with Crippen LogP contribution in [0.1, 0.15) is 97.9 Å². The van der Waals surface area contributed by atoms with Gasteiger partial charge in [-0.3, -0.25) is 4.79 Å². The van der Waals surface area contributed by atoms with E-state index in [0.29, 0.717) is 42.1 Å². The second kappa shape index (κ2) is 8.07. The van der Waals surface area contributed by atoms with Crippen molar-refractivity contribution in [3.63, 3.8) is 0 Å². The Morgan fingerprint density at radius 1 is 1.00 bits per heavy atom. The number of alkyl halides is 3. The Kier molecular flexibility index (Phi) is 5.13. The molecule has 1 saturated heterocycles. The van der Waals surface area contributed by atoms with Crippen LogP contribution in [0.25, 0.3) is 11.2 Å². The second-order valence-electron chi connectivity index (χ2n) is 12.0. The number of pyridine rings is 1. The Hall–Kier alpha value is -2.88. The molecule has 0 unspecified atom stereocenters. The Bertz CT molecular complexity index is 1490. The molecular formula is C28H30F3N5O2. The number of ether oxygens (including phenoxy) is 1. The van der Waals surface area contributed by atoms with E-state index < -0.39 is 17.0 Å². The quantitative estimate of drug-likeness (QED) is 0.445. The third-order valence-corrected chi connectivity index (χ3v) is 9.54. The molecular weight excluding hydrogens is 495 g/mol. The highest BCUT2D eigenvalue weighted by molar-refractivity contribution is 5.75. The lowest BCUT2D eigenvalue weighted by Gasteiger charge is -2.70. The summed E-state index contributed by atoms with van der Waals surface area (Å²) in [6.45, 7) is 4.23. The maximum atomic E-state index is 13.6. The van der Waals surface area contributed by atoms with Crippen LogP contribution in [-0.4, -0.2) is 37.3 Å². The van der Waals surface area contributed by atoms with Crippen LogP contribution < -0.4 is 5.56 Å². The highest BCUT2D eigenvalue weighted by atomic mass is 19.4. The van der Waals surface area contributed by atoms with Gasteiger partial charge in [0.05, 0.1) is 28.6 Å². The highest BCUT2D eigenvalue weighted by Crippen LogP contribution is 2.78. The van der Waals surface area contributed by atoms with Crippen molar-refractivity contribution in [3.05, 3.63) is 57.2 Å². The van der Waals surface area contributed by atoms with Crippen molar-refractivity contribution in [1.82, 2.24) is 24.5 Å². The van der Waals surface area contributed by atoms with E-state index >= 15 is 0 Å². The summed E-state index contributed by atoms with van der Waals surface area (Å²) in [5.41, 5.74) is 1.88. The molecule has 0 spiro atoms. The number of halogens is 3. The summed E-state index contributed by atoms with van der Waals surface area (Å²) in [6, 6.07) is 3.71. The van der Waals surface area contributed by atoms with Crippen molar-refractivity contribution in [2.45, 2.75) is 94.9 Å². The van der Waals surface area contributed by atoms with Gasteiger partial charge in [-0.2, -0.15) is 13.2 Å². The minimum absolute atomic E-state index is 0.00716. The lowest BCUT2D eigenvalue weighted by atomic mass is 9.34. The second-order valence-corrected chi connectivity index (χ2v) is 12.0. The highest BCUT2D eigenvalue weighted by Gasteiger charge is 2.79. The average molecular weight is 526 g/mol. The largest absolute Gasteiger partial charge is 0.394 e. The first-order valence-corrected chi connectivity index (χ1v) is 13.5. The van der Waals surface area contributed by atoms with Crippen LogP contribution in [0.5, 0.6) is 0 Å². The standard InChI is InChI=1S/C28H30F3N5O2/c1-15-16(2)33-25-22(32-15)23(26-12-27(13-26,14-26)28(29,30)31)34-24(35-25)17-8-9-38-20(10-17)18-6-7-21(37)36(11-18)19-4-3-5-19/h6-7,11,17,19-20H,3-5,8-10,12-14H2,1-2H3/t17-,20+,26?,27?/m1/s1. The third kappa shape index (κ3) is 3.48. The summed E-state index contributed by atoms with van der Waals surface area (Å²) in [5, 5.41) is 0. The number of hydrogen-bond donors (Lipinski definition) is 0. The monoisotopic (exact) mass is 525 g/mol. The van der Waals surface area contributed by atoms with E-state index in [1.165, 1.54) is 0 Å². The van der Waals surface area contributed by atoms with Crippen molar-refractivity contribution < 1.29 is 17.9 Å². The molecule has 4 aliphatic carbocycles. The van der Waals surface area contributed by atoms with E-state index in [-0.39, 0.29) is 42.9 Å². The molecule has 2 atom stereocenters. The van der Waals surface area contributed by atoms with Gasteiger partial charge in [-0.1, -0.05) is 0 Å². The molecule has 8 rings (SSSR count). The minimum atomic E-state index is -4.19. The minimum Gasteiger partial charge on any atom is -0.373 e. The van der Waals surface area contributed by atoms with Crippen LogP contribution >= 0.6 is 0 Å². The van der Waals surface area contributed by atoms with Crippen molar-refractivity contribution in [2.75, 3.05) is 6.61 Å². The van der Waals surface area contributed by atoms with E-state index in [2.05, 4.69) is 4.98 Å². The Labute approximate surface area is 217 Å². The van der Waals surface area contributed by atoms with Gasteiger partial charge < -0.3 is 9.30 Å². The maximum Gasteiger partial charge on any atom is 0.394 e. The van der Waals surface area contributed by atoms with Gasteiger partial charge in [0, 0.05) is 36.2 Å². The normalized spacial score (nSPS) is 31.0. The van der Waals surface area contributed by atoms with Gasteiger partial charge in [0.25, 0.3) is 5.56 Å². The molecule has 200 valence electrons. The summed E-state index contributed by atoms with van der Waals surface area (Å²) >= 11 is 0. The first-order valence-electron chi connectivity index (χ1n) is 13.5. The molecule has 10 heteroatoms. The van der Waals surface area contributed by atoms with E-state index in [1.807, 2.05) is 30.7 Å². The summed E-state index contributed by atoms with van der Waals surface area (Å²) in [4.78, 5) is 31.6. The molecule has 5 aliphatic rings. The van der Waals surface area contributed by atoms with Crippen LogP contribution in [0.15, 0.2) is 23.1 Å². The van der Waals surface area contributed by atoms with E-state index in [4.69, 9.17) is 19.7 Å². The van der Waals surface area contributed by atoms with E-state index in [1.54, 1.807) is 6.07 Å². The van der Waals surface area contributed by atoms with Crippen LogP contribution in [0.2, 0.25) is 0 Å². The van der Waals surface area contributed by atoms with E-state index in [0.717, 1.165) is 36.2 Å². The maximum absolute atomic E-state index is 13.6. The molecule has 4 heterocycles. The molecule has 7 nitrogen and oxygen atoms in total. The third-order valence-electron chi connectivity index (χ3n) is 9.54. The molecule has 4 saturated carbocycles. The predicted octanol–water partition coefficient (Wildman–Crippen LogP) is 5.54. The zero-order valence-corrected chi connectivity index (χ0v) is 21.5. The van der Waals surface area contributed by atoms with Gasteiger partial charge in [0.15, 0.2) is 5.65 Å². The smallest absolute Gasteiger partial charge is 0.373 e. The molecule has 38 heavy (non-hydrogen) atoms. The number of aromatic nitrogens is 5. The number of hydrogen-bond acceptors (Lipinski definition) is 6. The zero-order chi connectivity index (χ0) is 26.4. The summed E-state index contributed by atoms with van der Waals surface area (Å²) in [5.74, 6) is 0.574. The van der Waals surface area contributed by atoms with Gasteiger partial charge in [-0.05, 0) is 76.8 Å². The molecule has 0 amide bonds. The fourth-order valence-corrected chi connectivity index (χ4v) is 6.95. The van der Waals surface area contributed by atoms with Crippen LogP contribution in [0, 0.1) is 19.3 Å². The number of rotatable bonds is 4. The lowest BCUT2D eigenvalue weighted by molar-refractivity contribution is -0.337. The Morgan fingerprint density at radius 3 is 2.42 bits per heavy atom. The Morgan fingerprint density at radius 2 is 1.74 bits per heavy atom. The fraction of sp³-hybridized carbons (Fsp3) is 0.607. The van der Waals surface area contributed by atoms with Gasteiger partial charge in [0.1, 0.15) is 11.3 Å². The molecule has 1 aliphatic heterocycles. The van der Waals surface area contributed by atoms with Crippen molar-refractivity contribution >= 4 is 11.2 Å². The fourth-order valence-electron chi connectivity index (χ4n) is 6.95. The van der Waals surface area contributed by atoms with Crippen molar-refractivity contribution in [2.24, 2.45) is 5.41 Å². The molecule has 2 bridgehead atoms. The molecule has 0 radical (unpaired) electrons. The molecule has 3 aromatic heterocycles. The molecule has 0 aromatic carbocycles. The first kappa shape index (κ1) is 24.2. The van der Waals surface area contributed by atoms with Crippen molar-refractivity contribution in [3.8, 4) is 0 Å². The summed E-state index contributed by atoms with van der Waals surface area (Å²) in [7, 11) is 0. The SMILES string of the molecule is Cc1nc2nc([C@@H]3CCO[C@H](c4ccc(=O)n(C5CCC5)c4)C3)nc(C34CC(C(F)(F)F)(C3)C4)c2nc1C. The van der Waals surface area contributed by atoms with Gasteiger partial charge in [-0.15, -0.1) is 0 Å². The van der Waals surface area contributed by atoms with Crippen LogP contribution in [0.3, 0.4) is 0 Å². The zero-order valence-electron chi connectivity index (χ0n) is 21.5. The summed E-state index contributed by atoms with van der Waals surface area (Å²) < 4.78 is 48.9. The van der Waals surface area contributed by atoms with Gasteiger partial charge in [0.2, 0.25) is 0 Å².